The van der Waals surface area contributed by atoms with E-state index in [0.29, 0.717) is 0 Å². The van der Waals surface area contributed by atoms with Gasteiger partial charge in [0.05, 0.1) is 0 Å². The zero-order valence-corrected chi connectivity index (χ0v) is 9.06. The minimum Gasteiger partial charge on any atom is -0.391 e. The number of allylic oxidation sites excluding steroid dienone is 1. The van der Waals surface area contributed by atoms with Crippen molar-refractivity contribution in [2.24, 2.45) is 5.92 Å². The quantitative estimate of drug-likeness (QED) is 0.583. The van der Waals surface area contributed by atoms with Crippen molar-refractivity contribution in [3.05, 3.63) is 11.8 Å². The third-order valence-electron chi connectivity index (χ3n) is 1.92. The van der Waals surface area contributed by atoms with Gasteiger partial charge in [0, 0.05) is 19.0 Å². The van der Waals surface area contributed by atoms with Crippen LogP contribution < -0.4 is 5.32 Å². The summed E-state index contributed by atoms with van der Waals surface area (Å²) in [4.78, 5) is 0. The molecule has 0 saturated heterocycles. The van der Waals surface area contributed by atoms with Crippen LogP contribution in [0.5, 0.6) is 0 Å². The molecule has 0 unspecified atom stereocenters. The normalized spacial score (nSPS) is 11.8. The summed E-state index contributed by atoms with van der Waals surface area (Å²) < 4.78 is 0. The average Bonchev–Trinajstić information content (AvgIpc) is 2.10. The first kappa shape index (κ1) is 12.2. The van der Waals surface area contributed by atoms with Crippen LogP contribution >= 0.6 is 0 Å². The monoisotopic (exact) mass is 182 g/mol. The molecule has 0 spiro atoms. The summed E-state index contributed by atoms with van der Waals surface area (Å²) in [6, 6.07) is 0. The predicted molar refractivity (Wildman–Crippen MR) is 59.2 cm³/mol. The number of hydrogen-bond donors (Lipinski definition) is 2. The first-order chi connectivity index (χ1) is 6.20. The molecule has 2 nitrogen and oxygen atoms in total. The van der Waals surface area contributed by atoms with Crippen molar-refractivity contribution in [3.8, 4) is 0 Å². The molecule has 2 heteroatoms. The fourth-order valence-corrected chi connectivity index (χ4v) is 1.13. The Hall–Kier alpha value is -0.790. The van der Waals surface area contributed by atoms with E-state index >= 15 is 0 Å². The highest BCUT2D eigenvalue weighted by atomic mass is 14.8. The molecule has 0 atom stereocenters. The van der Waals surface area contributed by atoms with Crippen LogP contribution in [0.2, 0.25) is 0 Å². The van der Waals surface area contributed by atoms with Crippen LogP contribution in [-0.2, 0) is 0 Å². The van der Waals surface area contributed by atoms with E-state index in [9.17, 15) is 0 Å². The largest absolute Gasteiger partial charge is 0.391 e. The first-order valence-electron chi connectivity index (χ1n) is 5.13. The van der Waals surface area contributed by atoms with Gasteiger partial charge in [-0.25, -0.2) is 0 Å². The summed E-state index contributed by atoms with van der Waals surface area (Å²) in [5.41, 5.74) is 1.10. The molecule has 0 aliphatic rings. The molecule has 0 aromatic rings. The molecular formula is C11H22N2. The SMILES string of the molecule is CCN/C=C(\C=N)CCCC(C)C. The van der Waals surface area contributed by atoms with Crippen molar-refractivity contribution in [2.75, 3.05) is 6.54 Å². The van der Waals surface area contributed by atoms with Crippen molar-refractivity contribution in [1.82, 2.24) is 5.32 Å². The predicted octanol–water partition coefficient (Wildman–Crippen LogP) is 2.96. The van der Waals surface area contributed by atoms with Crippen LogP contribution in [0, 0.1) is 11.3 Å². The van der Waals surface area contributed by atoms with Gasteiger partial charge >= 0.3 is 0 Å². The third-order valence-corrected chi connectivity index (χ3v) is 1.92. The molecule has 0 heterocycles. The zero-order chi connectivity index (χ0) is 10.1. The van der Waals surface area contributed by atoms with Gasteiger partial charge in [0.25, 0.3) is 0 Å². The highest BCUT2D eigenvalue weighted by Gasteiger charge is 1.96. The van der Waals surface area contributed by atoms with Crippen LogP contribution in [0.4, 0.5) is 0 Å². The van der Waals surface area contributed by atoms with Crippen LogP contribution in [0.15, 0.2) is 11.8 Å². The first-order valence-corrected chi connectivity index (χ1v) is 5.13. The second-order valence-electron chi connectivity index (χ2n) is 3.71. The number of hydrogen-bond acceptors (Lipinski definition) is 2. The van der Waals surface area contributed by atoms with E-state index in [1.807, 2.05) is 6.20 Å². The Kier molecular flexibility index (Phi) is 7.36. The Labute approximate surface area is 81.9 Å². The third kappa shape index (κ3) is 7.57. The van der Waals surface area contributed by atoms with Crippen molar-refractivity contribution in [3.63, 3.8) is 0 Å². The summed E-state index contributed by atoms with van der Waals surface area (Å²) >= 11 is 0. The second kappa shape index (κ2) is 7.84. The fourth-order valence-electron chi connectivity index (χ4n) is 1.13. The van der Waals surface area contributed by atoms with Crippen LogP contribution in [-0.4, -0.2) is 12.8 Å². The molecule has 0 saturated carbocycles. The van der Waals surface area contributed by atoms with Gasteiger partial charge in [-0.05, 0) is 31.3 Å². The maximum Gasteiger partial charge on any atom is 0.0224 e. The summed E-state index contributed by atoms with van der Waals surface area (Å²) in [6.45, 7) is 7.46. The smallest absolute Gasteiger partial charge is 0.0224 e. The van der Waals surface area contributed by atoms with Crippen molar-refractivity contribution >= 4 is 6.21 Å². The molecular weight excluding hydrogens is 160 g/mol. The highest BCUT2D eigenvalue weighted by Crippen LogP contribution is 2.10. The van der Waals surface area contributed by atoms with Crippen LogP contribution in [0.1, 0.15) is 40.0 Å². The topological polar surface area (TPSA) is 35.9 Å². The van der Waals surface area contributed by atoms with Crippen LogP contribution in [0.3, 0.4) is 0 Å². The van der Waals surface area contributed by atoms with Crippen molar-refractivity contribution < 1.29 is 0 Å². The van der Waals surface area contributed by atoms with E-state index in [0.717, 1.165) is 24.5 Å². The highest BCUT2D eigenvalue weighted by molar-refractivity contribution is 5.75. The summed E-state index contributed by atoms with van der Waals surface area (Å²) in [6.07, 6.45) is 6.85. The Balaban J connectivity index is 3.65. The average molecular weight is 182 g/mol. The van der Waals surface area contributed by atoms with E-state index in [-0.39, 0.29) is 0 Å². The van der Waals surface area contributed by atoms with Gasteiger partial charge in [-0.15, -0.1) is 0 Å². The van der Waals surface area contributed by atoms with E-state index in [2.05, 4.69) is 26.1 Å². The molecule has 13 heavy (non-hydrogen) atoms. The van der Waals surface area contributed by atoms with E-state index < -0.39 is 0 Å². The van der Waals surface area contributed by atoms with Gasteiger partial charge in [0.15, 0.2) is 0 Å². The zero-order valence-electron chi connectivity index (χ0n) is 9.06. The molecule has 0 aromatic carbocycles. The summed E-state index contributed by atoms with van der Waals surface area (Å²) in [7, 11) is 0. The number of nitrogens with one attached hydrogen (secondary N) is 2. The maximum atomic E-state index is 7.19. The Morgan fingerprint density at radius 3 is 2.62 bits per heavy atom. The summed E-state index contributed by atoms with van der Waals surface area (Å²) in [5.74, 6) is 0.770. The number of rotatable bonds is 7. The maximum absolute atomic E-state index is 7.19. The van der Waals surface area contributed by atoms with Gasteiger partial charge in [-0.3, -0.25) is 0 Å². The van der Waals surface area contributed by atoms with E-state index in [1.165, 1.54) is 19.1 Å². The molecule has 0 aromatic heterocycles. The molecule has 0 rings (SSSR count). The minimum absolute atomic E-state index is 0.770. The molecule has 2 N–H and O–H groups in total. The summed E-state index contributed by atoms with van der Waals surface area (Å²) in [5, 5.41) is 10.3. The molecule has 0 aliphatic heterocycles. The lowest BCUT2D eigenvalue weighted by atomic mass is 10.0. The fraction of sp³-hybridized carbons (Fsp3) is 0.727. The van der Waals surface area contributed by atoms with E-state index in [4.69, 9.17) is 5.41 Å². The second-order valence-corrected chi connectivity index (χ2v) is 3.71. The van der Waals surface area contributed by atoms with Crippen molar-refractivity contribution in [1.29, 1.82) is 5.41 Å². The minimum atomic E-state index is 0.770. The molecule has 0 amide bonds. The van der Waals surface area contributed by atoms with Crippen LogP contribution in [0.25, 0.3) is 0 Å². The van der Waals surface area contributed by atoms with Gasteiger partial charge in [-0.1, -0.05) is 20.3 Å². The standard InChI is InChI=1S/C11H22N2/c1-4-13-9-11(8-12)7-5-6-10(2)3/h8-10,12-13H,4-7H2,1-3H3/b11-9-,12-8?. The Bertz CT molecular complexity index is 159. The lowest BCUT2D eigenvalue weighted by molar-refractivity contribution is 0.557. The van der Waals surface area contributed by atoms with Gasteiger partial charge in [0.1, 0.15) is 0 Å². The van der Waals surface area contributed by atoms with Gasteiger partial charge in [-0.2, -0.15) is 0 Å². The van der Waals surface area contributed by atoms with Crippen molar-refractivity contribution in [2.45, 2.75) is 40.0 Å². The molecule has 0 radical (unpaired) electrons. The van der Waals surface area contributed by atoms with Gasteiger partial charge in [0.2, 0.25) is 0 Å². The molecule has 0 aliphatic carbocycles. The lowest BCUT2D eigenvalue weighted by Gasteiger charge is -2.04. The van der Waals surface area contributed by atoms with E-state index in [1.54, 1.807) is 0 Å². The molecule has 76 valence electrons. The van der Waals surface area contributed by atoms with Gasteiger partial charge < -0.3 is 10.7 Å². The Morgan fingerprint density at radius 2 is 2.15 bits per heavy atom. The molecule has 0 fully saturated rings. The lowest BCUT2D eigenvalue weighted by Crippen LogP contribution is -2.04. The Morgan fingerprint density at radius 1 is 1.46 bits per heavy atom. The molecule has 0 bridgehead atoms.